The molecule has 18 heavy (non-hydrogen) atoms. The summed E-state index contributed by atoms with van der Waals surface area (Å²) in [5.74, 6) is 0.502. The molecule has 1 aliphatic carbocycles. The number of hydrogen-bond acceptors (Lipinski definition) is 4. The fraction of sp³-hybridized carbons (Fsp3) is 0.462. The molecule has 1 saturated carbocycles. The first kappa shape index (κ1) is 13.1. The highest BCUT2D eigenvalue weighted by atomic mass is 79.9. The maximum Gasteiger partial charge on any atom is 0.235 e. The van der Waals surface area contributed by atoms with Crippen LogP contribution in [-0.2, 0) is 10.3 Å². The zero-order valence-electron chi connectivity index (χ0n) is 10.5. The van der Waals surface area contributed by atoms with E-state index in [2.05, 4.69) is 20.9 Å². The number of methoxy groups -OCH3 is 1. The smallest absolute Gasteiger partial charge is 0.235 e. The molecule has 0 spiro atoms. The standard InChI is InChI=1S/C13H14BrNO3/c1-7-9(13(4-5-13)15-6-16)11(17)12(18-3)8(2)10(7)14/h17H,4-5H2,1-3H3. The van der Waals surface area contributed by atoms with Gasteiger partial charge >= 0.3 is 0 Å². The number of aliphatic imine (C=N–C) groups is 1. The number of isocyanates is 1. The Morgan fingerprint density at radius 3 is 2.44 bits per heavy atom. The first-order valence-electron chi connectivity index (χ1n) is 5.63. The number of ether oxygens (including phenoxy) is 1. The molecule has 1 N–H and O–H groups in total. The van der Waals surface area contributed by atoms with E-state index in [0.29, 0.717) is 11.3 Å². The predicted molar refractivity (Wildman–Crippen MR) is 70.9 cm³/mol. The number of benzene rings is 1. The van der Waals surface area contributed by atoms with Crippen LogP contribution in [0.5, 0.6) is 11.5 Å². The zero-order valence-corrected chi connectivity index (χ0v) is 12.1. The molecule has 1 aromatic rings. The van der Waals surface area contributed by atoms with E-state index in [9.17, 15) is 9.90 Å². The van der Waals surface area contributed by atoms with Crippen LogP contribution in [0.2, 0.25) is 0 Å². The molecule has 1 fully saturated rings. The summed E-state index contributed by atoms with van der Waals surface area (Å²) in [6.07, 6.45) is 3.09. The number of aromatic hydroxyl groups is 1. The number of hydrogen-bond donors (Lipinski definition) is 1. The van der Waals surface area contributed by atoms with E-state index >= 15 is 0 Å². The van der Waals surface area contributed by atoms with Crippen LogP contribution in [0.15, 0.2) is 9.47 Å². The first-order chi connectivity index (χ1) is 8.48. The Labute approximate surface area is 114 Å². The van der Waals surface area contributed by atoms with Crippen molar-refractivity contribution in [2.75, 3.05) is 7.11 Å². The number of rotatable bonds is 3. The van der Waals surface area contributed by atoms with Crippen molar-refractivity contribution in [1.29, 1.82) is 0 Å². The monoisotopic (exact) mass is 311 g/mol. The summed E-state index contributed by atoms with van der Waals surface area (Å²) in [5.41, 5.74) is 1.78. The summed E-state index contributed by atoms with van der Waals surface area (Å²) in [7, 11) is 1.51. The molecule has 2 rings (SSSR count). The van der Waals surface area contributed by atoms with Gasteiger partial charge in [-0.1, -0.05) is 15.9 Å². The molecule has 0 atom stereocenters. The summed E-state index contributed by atoms with van der Waals surface area (Å²) in [4.78, 5) is 14.4. The van der Waals surface area contributed by atoms with E-state index in [-0.39, 0.29) is 5.75 Å². The Bertz CT molecular complexity index is 558. The quantitative estimate of drug-likeness (QED) is 0.689. The molecule has 0 amide bonds. The summed E-state index contributed by atoms with van der Waals surface area (Å²) in [5, 5.41) is 10.3. The van der Waals surface area contributed by atoms with Gasteiger partial charge in [-0.3, -0.25) is 0 Å². The van der Waals surface area contributed by atoms with Crippen LogP contribution in [0.4, 0.5) is 0 Å². The lowest BCUT2D eigenvalue weighted by Crippen LogP contribution is -2.08. The van der Waals surface area contributed by atoms with Gasteiger partial charge in [-0.25, -0.2) is 4.79 Å². The van der Waals surface area contributed by atoms with Crippen LogP contribution >= 0.6 is 15.9 Å². The Kier molecular flexibility index (Phi) is 3.21. The van der Waals surface area contributed by atoms with Crippen LogP contribution in [0, 0.1) is 13.8 Å². The Morgan fingerprint density at radius 2 is 2.00 bits per heavy atom. The SMILES string of the molecule is COc1c(C)c(Br)c(C)c(C2(N=C=O)CC2)c1O. The number of phenols is 1. The van der Waals surface area contributed by atoms with Gasteiger partial charge in [-0.2, -0.15) is 4.99 Å². The lowest BCUT2D eigenvalue weighted by Gasteiger charge is -2.20. The number of nitrogens with zero attached hydrogens (tertiary/aromatic N) is 1. The molecule has 0 aromatic heterocycles. The highest BCUT2D eigenvalue weighted by Crippen LogP contribution is 2.57. The van der Waals surface area contributed by atoms with Gasteiger partial charge in [0.15, 0.2) is 11.5 Å². The van der Waals surface area contributed by atoms with Crippen LogP contribution in [0.25, 0.3) is 0 Å². The lowest BCUT2D eigenvalue weighted by molar-refractivity contribution is 0.364. The van der Waals surface area contributed by atoms with Gasteiger partial charge in [0.05, 0.1) is 7.11 Å². The number of carbonyl (C=O) groups excluding carboxylic acids is 1. The highest BCUT2D eigenvalue weighted by molar-refractivity contribution is 9.10. The summed E-state index contributed by atoms with van der Waals surface area (Å²) in [6, 6.07) is 0. The topological polar surface area (TPSA) is 58.9 Å². The largest absolute Gasteiger partial charge is 0.504 e. The zero-order chi connectivity index (χ0) is 13.5. The van der Waals surface area contributed by atoms with E-state index in [4.69, 9.17) is 4.74 Å². The molecule has 0 saturated heterocycles. The summed E-state index contributed by atoms with van der Waals surface area (Å²) < 4.78 is 6.11. The van der Waals surface area contributed by atoms with E-state index in [1.54, 1.807) is 6.08 Å². The molecule has 0 aliphatic heterocycles. The molecule has 1 aliphatic rings. The third kappa shape index (κ3) is 1.74. The molecule has 4 nitrogen and oxygen atoms in total. The van der Waals surface area contributed by atoms with Crippen molar-refractivity contribution < 1.29 is 14.6 Å². The van der Waals surface area contributed by atoms with Gasteiger partial charge < -0.3 is 9.84 Å². The molecule has 0 heterocycles. The average molecular weight is 312 g/mol. The molecule has 5 heteroatoms. The Balaban J connectivity index is 2.76. The first-order valence-corrected chi connectivity index (χ1v) is 6.43. The molecular weight excluding hydrogens is 298 g/mol. The molecule has 96 valence electrons. The van der Waals surface area contributed by atoms with E-state index < -0.39 is 5.54 Å². The minimum Gasteiger partial charge on any atom is -0.504 e. The maximum absolute atomic E-state index is 10.5. The summed E-state index contributed by atoms with van der Waals surface area (Å²) in [6.45, 7) is 3.76. The van der Waals surface area contributed by atoms with Crippen LogP contribution < -0.4 is 4.74 Å². The predicted octanol–water partition coefficient (Wildman–Crippen LogP) is 3.11. The van der Waals surface area contributed by atoms with Crippen molar-refractivity contribution in [2.24, 2.45) is 4.99 Å². The Morgan fingerprint density at radius 1 is 1.39 bits per heavy atom. The summed E-state index contributed by atoms with van der Waals surface area (Å²) >= 11 is 3.50. The van der Waals surface area contributed by atoms with Crippen LogP contribution in [-0.4, -0.2) is 18.3 Å². The minimum absolute atomic E-state index is 0.0761. The van der Waals surface area contributed by atoms with Gasteiger partial charge in [0.2, 0.25) is 6.08 Å². The van der Waals surface area contributed by atoms with Crippen molar-refractivity contribution in [3.05, 3.63) is 21.2 Å². The van der Waals surface area contributed by atoms with Gasteiger partial charge in [-0.05, 0) is 32.3 Å². The van der Waals surface area contributed by atoms with Gasteiger partial charge in [0.1, 0.15) is 5.54 Å². The third-order valence-electron chi connectivity index (χ3n) is 3.48. The fourth-order valence-electron chi connectivity index (χ4n) is 2.40. The molecule has 0 bridgehead atoms. The van der Waals surface area contributed by atoms with Crippen molar-refractivity contribution in [1.82, 2.24) is 0 Å². The average Bonchev–Trinajstić information content (AvgIpc) is 3.08. The van der Waals surface area contributed by atoms with E-state index in [1.807, 2.05) is 13.8 Å². The number of phenolic OH excluding ortho intramolecular Hbond substituents is 1. The normalized spacial score (nSPS) is 16.0. The van der Waals surface area contributed by atoms with Crippen LogP contribution in [0.1, 0.15) is 29.5 Å². The van der Waals surface area contributed by atoms with Crippen LogP contribution in [0.3, 0.4) is 0 Å². The third-order valence-corrected chi connectivity index (χ3v) is 4.67. The van der Waals surface area contributed by atoms with Crippen molar-refractivity contribution in [3.8, 4) is 11.5 Å². The fourth-order valence-corrected chi connectivity index (χ4v) is 2.78. The maximum atomic E-state index is 10.5. The Hall–Kier alpha value is -1.32. The van der Waals surface area contributed by atoms with Crippen molar-refractivity contribution in [2.45, 2.75) is 32.2 Å². The second-order valence-electron chi connectivity index (χ2n) is 4.56. The lowest BCUT2D eigenvalue weighted by atomic mass is 9.95. The minimum atomic E-state index is -0.612. The second-order valence-corrected chi connectivity index (χ2v) is 5.35. The van der Waals surface area contributed by atoms with Gasteiger partial charge in [-0.15, -0.1) is 0 Å². The van der Waals surface area contributed by atoms with Crippen molar-refractivity contribution >= 4 is 22.0 Å². The molecule has 0 unspecified atom stereocenters. The highest BCUT2D eigenvalue weighted by Gasteiger charge is 2.49. The van der Waals surface area contributed by atoms with E-state index in [0.717, 1.165) is 28.4 Å². The van der Waals surface area contributed by atoms with Gasteiger partial charge in [0.25, 0.3) is 0 Å². The molecule has 0 radical (unpaired) electrons. The molecule has 1 aromatic carbocycles. The number of halogens is 1. The van der Waals surface area contributed by atoms with Gasteiger partial charge in [0, 0.05) is 15.6 Å². The molecular formula is C13H14BrNO3. The van der Waals surface area contributed by atoms with E-state index in [1.165, 1.54) is 7.11 Å². The second kappa shape index (κ2) is 4.41. The van der Waals surface area contributed by atoms with Crippen molar-refractivity contribution in [3.63, 3.8) is 0 Å².